The highest BCUT2D eigenvalue weighted by molar-refractivity contribution is 7.90. The minimum Gasteiger partial charge on any atom is -0.490 e. The third-order valence-corrected chi connectivity index (χ3v) is 13.3. The predicted octanol–water partition coefficient (Wildman–Crippen LogP) is 5.83. The molecule has 1 spiro atoms. The van der Waals surface area contributed by atoms with Crippen molar-refractivity contribution in [2.45, 2.75) is 68.6 Å². The van der Waals surface area contributed by atoms with Crippen molar-refractivity contribution in [1.29, 1.82) is 0 Å². The van der Waals surface area contributed by atoms with Gasteiger partial charge >= 0.3 is 0 Å². The summed E-state index contributed by atoms with van der Waals surface area (Å²) in [6.07, 6.45) is 9.95. The van der Waals surface area contributed by atoms with E-state index in [0.717, 1.165) is 62.4 Å². The van der Waals surface area contributed by atoms with Crippen molar-refractivity contribution in [3.63, 3.8) is 0 Å². The monoisotopic (exact) mass is 669 g/mol. The molecule has 250 valence electrons. The van der Waals surface area contributed by atoms with Gasteiger partial charge in [0.15, 0.2) is 0 Å². The number of methoxy groups -OCH3 is 1. The first kappa shape index (κ1) is 33.3. The standard InChI is InChI=1S/C36H48ClN3O5S/c1-24-8-6-17-36(44-5,22-39(3)4)31-13-10-28(31)20-40-21-35(16-7-9-26-18-29(37)12-14-30(26)35)23-45-33-15-11-27(19-32(33)40)34(41)38-46(42,43)25(24)2/h6,11-12,14-15,17-19,24-25,28,31H,7-10,13,16,20-23H2,1-5H3,(H,38,41)/b17-6+/t24-,25+,28-,31+,35-,36+/m0/s1. The molecule has 46 heavy (non-hydrogen) atoms. The maximum absolute atomic E-state index is 13.5. The van der Waals surface area contributed by atoms with Crippen LogP contribution in [-0.2, 0) is 26.6 Å². The van der Waals surface area contributed by atoms with Crippen molar-refractivity contribution in [3.8, 4) is 5.75 Å². The molecule has 6 rings (SSSR count). The van der Waals surface area contributed by atoms with Crippen molar-refractivity contribution < 1.29 is 22.7 Å². The second-order valence-corrected chi connectivity index (χ2v) is 16.9. The van der Waals surface area contributed by atoms with Gasteiger partial charge in [-0.05, 0) is 119 Å². The molecule has 1 N–H and O–H groups in total. The third-order valence-electron chi connectivity index (χ3n) is 11.2. The number of anilines is 1. The number of carbonyl (C=O) groups excluding carboxylic acids is 1. The van der Waals surface area contributed by atoms with Crippen LogP contribution in [-0.4, -0.2) is 77.5 Å². The van der Waals surface area contributed by atoms with Gasteiger partial charge in [0, 0.05) is 42.7 Å². The van der Waals surface area contributed by atoms with Crippen LogP contribution >= 0.6 is 11.6 Å². The lowest BCUT2D eigenvalue weighted by Gasteiger charge is -2.51. The lowest BCUT2D eigenvalue weighted by atomic mass is 9.63. The Hall–Kier alpha value is -2.59. The number of likely N-dealkylation sites (N-methyl/N-ethyl adjacent to an activating group) is 1. The summed E-state index contributed by atoms with van der Waals surface area (Å²) in [5.41, 5.74) is 2.91. The van der Waals surface area contributed by atoms with E-state index < -0.39 is 26.8 Å². The van der Waals surface area contributed by atoms with Crippen molar-refractivity contribution >= 4 is 33.2 Å². The third kappa shape index (κ3) is 6.20. The van der Waals surface area contributed by atoms with Gasteiger partial charge in [0.05, 0.1) is 17.5 Å². The number of ether oxygens (including phenoxy) is 2. The number of hydrogen-bond acceptors (Lipinski definition) is 7. The zero-order valence-electron chi connectivity index (χ0n) is 27.7. The number of amides is 1. The maximum atomic E-state index is 13.5. The smallest absolute Gasteiger partial charge is 0.264 e. The van der Waals surface area contributed by atoms with Gasteiger partial charge < -0.3 is 19.3 Å². The zero-order chi connectivity index (χ0) is 32.9. The summed E-state index contributed by atoms with van der Waals surface area (Å²) in [5.74, 6) is 0.506. The molecule has 0 radical (unpaired) electrons. The molecule has 2 aliphatic heterocycles. The molecule has 6 atom stereocenters. The molecule has 2 heterocycles. The van der Waals surface area contributed by atoms with Crippen molar-refractivity contribution in [2.24, 2.45) is 17.8 Å². The molecule has 2 aliphatic carbocycles. The van der Waals surface area contributed by atoms with E-state index in [-0.39, 0.29) is 17.3 Å². The molecule has 1 saturated carbocycles. The summed E-state index contributed by atoms with van der Waals surface area (Å²) < 4.78 is 42.2. The Morgan fingerprint density at radius 1 is 1.15 bits per heavy atom. The van der Waals surface area contributed by atoms with Crippen molar-refractivity contribution in [1.82, 2.24) is 9.62 Å². The Balaban J connectivity index is 1.47. The van der Waals surface area contributed by atoms with Gasteiger partial charge in [0.1, 0.15) is 11.4 Å². The molecule has 0 unspecified atom stereocenters. The molecule has 0 aromatic heterocycles. The highest BCUT2D eigenvalue weighted by Crippen LogP contribution is 2.49. The van der Waals surface area contributed by atoms with E-state index >= 15 is 0 Å². The van der Waals surface area contributed by atoms with E-state index in [1.54, 1.807) is 20.1 Å². The highest BCUT2D eigenvalue weighted by Gasteiger charge is 2.49. The van der Waals surface area contributed by atoms with Crippen molar-refractivity contribution in [3.05, 3.63) is 70.3 Å². The molecule has 10 heteroatoms. The summed E-state index contributed by atoms with van der Waals surface area (Å²) in [6, 6.07) is 11.6. The van der Waals surface area contributed by atoms with Gasteiger partial charge in [-0.25, -0.2) is 13.1 Å². The lowest BCUT2D eigenvalue weighted by molar-refractivity contribution is -0.0861. The Morgan fingerprint density at radius 2 is 1.96 bits per heavy atom. The van der Waals surface area contributed by atoms with Crippen molar-refractivity contribution in [2.75, 3.05) is 52.3 Å². The molecule has 4 aliphatic rings. The fraction of sp³-hybridized carbons (Fsp3) is 0.583. The fourth-order valence-corrected chi connectivity index (χ4v) is 9.78. The molecular weight excluding hydrogens is 622 g/mol. The Labute approximate surface area is 279 Å². The van der Waals surface area contributed by atoms with Gasteiger partial charge in [-0.2, -0.15) is 0 Å². The lowest BCUT2D eigenvalue weighted by Crippen LogP contribution is -2.56. The van der Waals surface area contributed by atoms with E-state index in [2.05, 4.69) is 52.9 Å². The molecular formula is C36H48ClN3O5S. The van der Waals surface area contributed by atoms with Crippen LogP contribution in [0.3, 0.4) is 0 Å². The van der Waals surface area contributed by atoms with E-state index in [4.69, 9.17) is 21.1 Å². The van der Waals surface area contributed by atoms with E-state index in [1.807, 2.05) is 25.1 Å². The molecule has 2 bridgehead atoms. The Kier molecular flexibility index (Phi) is 9.26. The predicted molar refractivity (Wildman–Crippen MR) is 183 cm³/mol. The number of allylic oxidation sites excluding steroid dienone is 1. The number of carbonyl (C=O) groups is 1. The van der Waals surface area contributed by atoms with Gasteiger partial charge in [-0.3, -0.25) is 4.79 Å². The van der Waals surface area contributed by atoms with Crippen LogP contribution in [0.1, 0.15) is 67.4 Å². The minimum atomic E-state index is -3.93. The molecule has 0 saturated heterocycles. The quantitative estimate of drug-likeness (QED) is 0.412. The number of sulfonamides is 1. The van der Waals surface area contributed by atoms with Crippen LogP contribution in [0.5, 0.6) is 5.75 Å². The number of rotatable bonds is 3. The first-order valence-electron chi connectivity index (χ1n) is 16.6. The van der Waals surface area contributed by atoms with E-state index in [1.165, 1.54) is 11.1 Å². The van der Waals surface area contributed by atoms with E-state index in [0.29, 0.717) is 30.3 Å². The number of aryl methyl sites for hydroxylation is 1. The average molecular weight is 670 g/mol. The molecule has 2 aromatic carbocycles. The molecule has 2 aromatic rings. The SMILES string of the molecule is CO[C@@]1(CN(C)C)/C=C/C[C@H](C)[C@@H](C)S(=O)(=O)NC(=O)c2ccc3c(c2)N(C[C@@H]2CC[C@H]21)C[C@@]1(CCCc2cc(Cl)ccc21)CO3. The van der Waals surface area contributed by atoms with Crippen LogP contribution in [0.15, 0.2) is 48.6 Å². The number of nitrogens with one attached hydrogen (secondary N) is 1. The second-order valence-electron chi connectivity index (χ2n) is 14.4. The van der Waals surface area contributed by atoms with Crippen LogP contribution in [0.2, 0.25) is 5.02 Å². The zero-order valence-corrected chi connectivity index (χ0v) is 29.3. The Bertz CT molecular complexity index is 1610. The largest absolute Gasteiger partial charge is 0.490 e. The average Bonchev–Trinajstić information content (AvgIpc) is 3.14. The number of fused-ring (bicyclic) bond motifs is 4. The summed E-state index contributed by atoms with van der Waals surface area (Å²) in [6.45, 7) is 6.32. The molecule has 1 fully saturated rings. The van der Waals surface area contributed by atoms with Crippen LogP contribution in [0, 0.1) is 17.8 Å². The molecule has 8 nitrogen and oxygen atoms in total. The summed E-state index contributed by atoms with van der Waals surface area (Å²) in [7, 11) is 2.01. The van der Waals surface area contributed by atoms with Gasteiger partial charge in [0.2, 0.25) is 10.0 Å². The van der Waals surface area contributed by atoms with Crippen LogP contribution in [0.4, 0.5) is 5.69 Å². The number of hydrogen-bond donors (Lipinski definition) is 1. The van der Waals surface area contributed by atoms with Gasteiger partial charge in [-0.1, -0.05) is 36.7 Å². The van der Waals surface area contributed by atoms with Crippen LogP contribution in [0.25, 0.3) is 0 Å². The topological polar surface area (TPSA) is 88.2 Å². The minimum absolute atomic E-state index is 0.207. The van der Waals surface area contributed by atoms with Gasteiger partial charge in [-0.15, -0.1) is 0 Å². The maximum Gasteiger partial charge on any atom is 0.264 e. The summed E-state index contributed by atoms with van der Waals surface area (Å²) in [5, 5.41) is -0.0215. The summed E-state index contributed by atoms with van der Waals surface area (Å²) in [4.78, 5) is 18.1. The first-order valence-corrected chi connectivity index (χ1v) is 18.5. The molecule has 1 amide bonds. The normalized spacial score (nSPS) is 33.2. The number of halogens is 1. The van der Waals surface area contributed by atoms with Crippen LogP contribution < -0.4 is 14.4 Å². The van der Waals surface area contributed by atoms with Gasteiger partial charge in [0.25, 0.3) is 5.91 Å². The highest BCUT2D eigenvalue weighted by atomic mass is 35.5. The first-order chi connectivity index (χ1) is 21.9. The fourth-order valence-electron chi connectivity index (χ4n) is 8.30. The number of benzene rings is 2. The summed E-state index contributed by atoms with van der Waals surface area (Å²) >= 11 is 6.45. The number of nitrogens with zero attached hydrogens (tertiary/aromatic N) is 2. The Morgan fingerprint density at radius 3 is 2.67 bits per heavy atom. The van der Waals surface area contributed by atoms with E-state index in [9.17, 15) is 13.2 Å². The second kappa shape index (κ2) is 12.8.